The topological polar surface area (TPSA) is 58.9 Å². The van der Waals surface area contributed by atoms with Gasteiger partial charge in [0.15, 0.2) is 11.5 Å². The van der Waals surface area contributed by atoms with Gasteiger partial charge in [-0.25, -0.2) is 0 Å². The maximum atomic E-state index is 10.9. The standard InChI is InChI=1S/C24H20O4/c1-15-7-5-9-17(13-15)27-23-21(25)19-11-3-4-12-20(19)22(26)24(23)28-18-10-6-8-16(2)14-18/h3-14,25-26H,1-2H3. The van der Waals surface area contributed by atoms with Gasteiger partial charge in [-0.05, 0) is 49.2 Å². The predicted octanol–water partition coefficient (Wildman–Crippen LogP) is 6.45. The Bertz CT molecular complexity index is 1070. The highest BCUT2D eigenvalue weighted by Gasteiger charge is 2.23. The van der Waals surface area contributed by atoms with Gasteiger partial charge in [0.2, 0.25) is 11.5 Å². The Morgan fingerprint density at radius 1 is 0.571 bits per heavy atom. The summed E-state index contributed by atoms with van der Waals surface area (Å²) in [4.78, 5) is 0. The molecule has 4 nitrogen and oxygen atoms in total. The number of fused-ring (bicyclic) bond motifs is 1. The van der Waals surface area contributed by atoms with Crippen LogP contribution in [0.4, 0.5) is 0 Å². The maximum Gasteiger partial charge on any atom is 0.216 e. The summed E-state index contributed by atoms with van der Waals surface area (Å²) in [5, 5.41) is 22.8. The van der Waals surface area contributed by atoms with E-state index in [-0.39, 0.29) is 23.0 Å². The number of ether oxygens (including phenoxy) is 2. The number of hydrogen-bond donors (Lipinski definition) is 2. The van der Waals surface area contributed by atoms with Gasteiger partial charge in [-0.2, -0.15) is 0 Å². The molecule has 0 aliphatic rings. The van der Waals surface area contributed by atoms with Crippen molar-refractivity contribution in [2.45, 2.75) is 13.8 Å². The van der Waals surface area contributed by atoms with Crippen LogP contribution in [0, 0.1) is 13.8 Å². The molecule has 0 spiro atoms. The van der Waals surface area contributed by atoms with Crippen molar-refractivity contribution in [1.29, 1.82) is 0 Å². The average Bonchev–Trinajstić information content (AvgIpc) is 2.69. The molecule has 0 aromatic heterocycles. The average molecular weight is 372 g/mol. The summed E-state index contributed by atoms with van der Waals surface area (Å²) in [6.07, 6.45) is 0. The number of hydrogen-bond acceptors (Lipinski definition) is 4. The van der Waals surface area contributed by atoms with Gasteiger partial charge in [0, 0.05) is 10.8 Å². The van der Waals surface area contributed by atoms with Gasteiger partial charge in [-0.1, -0.05) is 48.5 Å². The van der Waals surface area contributed by atoms with Crippen LogP contribution in [0.2, 0.25) is 0 Å². The summed E-state index contributed by atoms with van der Waals surface area (Å²) < 4.78 is 12.0. The fourth-order valence-electron chi connectivity index (χ4n) is 3.14. The van der Waals surface area contributed by atoms with Crippen LogP contribution in [0.5, 0.6) is 34.5 Å². The van der Waals surface area contributed by atoms with E-state index in [2.05, 4.69) is 0 Å². The predicted molar refractivity (Wildman–Crippen MR) is 110 cm³/mol. The Morgan fingerprint density at radius 2 is 1.00 bits per heavy atom. The van der Waals surface area contributed by atoms with E-state index in [1.807, 2.05) is 50.2 Å². The molecule has 4 aromatic rings. The zero-order valence-electron chi connectivity index (χ0n) is 15.6. The van der Waals surface area contributed by atoms with Gasteiger partial charge in [0.25, 0.3) is 0 Å². The molecule has 0 saturated carbocycles. The molecule has 0 heterocycles. The van der Waals surface area contributed by atoms with Crippen molar-refractivity contribution in [3.8, 4) is 34.5 Å². The lowest BCUT2D eigenvalue weighted by atomic mass is 10.1. The van der Waals surface area contributed by atoms with Crippen LogP contribution in [0.25, 0.3) is 10.8 Å². The second-order valence-corrected chi connectivity index (χ2v) is 6.74. The molecule has 140 valence electrons. The zero-order chi connectivity index (χ0) is 19.7. The molecular weight excluding hydrogens is 352 g/mol. The second-order valence-electron chi connectivity index (χ2n) is 6.74. The second kappa shape index (κ2) is 7.16. The van der Waals surface area contributed by atoms with Crippen LogP contribution in [0.15, 0.2) is 72.8 Å². The third kappa shape index (κ3) is 3.32. The molecule has 28 heavy (non-hydrogen) atoms. The Kier molecular flexibility index (Phi) is 4.53. The van der Waals surface area contributed by atoms with Crippen LogP contribution in [0.3, 0.4) is 0 Å². The normalized spacial score (nSPS) is 10.8. The summed E-state index contributed by atoms with van der Waals surface area (Å²) in [6, 6.07) is 21.9. The summed E-state index contributed by atoms with van der Waals surface area (Å²) in [6.45, 7) is 3.91. The first-order valence-corrected chi connectivity index (χ1v) is 8.98. The summed E-state index contributed by atoms with van der Waals surface area (Å²) in [5.74, 6) is 1.06. The highest BCUT2D eigenvalue weighted by molar-refractivity contribution is 5.98. The largest absolute Gasteiger partial charge is 0.504 e. The zero-order valence-corrected chi connectivity index (χ0v) is 15.6. The first kappa shape index (κ1) is 17.7. The number of phenols is 2. The minimum atomic E-state index is -0.0856. The molecule has 4 aromatic carbocycles. The monoisotopic (exact) mass is 372 g/mol. The Labute approximate surface area is 163 Å². The number of benzene rings is 4. The number of aromatic hydroxyl groups is 2. The van der Waals surface area contributed by atoms with Crippen LogP contribution in [0.1, 0.15) is 11.1 Å². The molecule has 2 N–H and O–H groups in total. The van der Waals surface area contributed by atoms with E-state index < -0.39 is 0 Å². The van der Waals surface area contributed by atoms with Crippen LogP contribution in [-0.2, 0) is 0 Å². The molecular formula is C24H20O4. The smallest absolute Gasteiger partial charge is 0.216 e. The van der Waals surface area contributed by atoms with E-state index in [0.29, 0.717) is 22.3 Å². The van der Waals surface area contributed by atoms with Gasteiger partial charge in [0.1, 0.15) is 11.5 Å². The first-order valence-electron chi connectivity index (χ1n) is 8.98. The number of rotatable bonds is 4. The number of aryl methyl sites for hydroxylation is 2. The van der Waals surface area contributed by atoms with Crippen molar-refractivity contribution in [3.05, 3.63) is 83.9 Å². The molecule has 0 aliphatic heterocycles. The van der Waals surface area contributed by atoms with Gasteiger partial charge in [-0.15, -0.1) is 0 Å². The first-order chi connectivity index (χ1) is 13.5. The third-order valence-electron chi connectivity index (χ3n) is 4.49. The third-order valence-corrected chi connectivity index (χ3v) is 4.49. The molecule has 0 radical (unpaired) electrons. The molecule has 4 rings (SSSR count). The minimum Gasteiger partial charge on any atom is -0.504 e. The highest BCUT2D eigenvalue weighted by Crippen LogP contribution is 2.52. The van der Waals surface area contributed by atoms with Crippen LogP contribution >= 0.6 is 0 Å². The van der Waals surface area contributed by atoms with Gasteiger partial charge in [0.05, 0.1) is 0 Å². The molecule has 0 atom stereocenters. The van der Waals surface area contributed by atoms with Gasteiger partial charge >= 0.3 is 0 Å². The van der Waals surface area contributed by atoms with Crippen molar-refractivity contribution in [2.24, 2.45) is 0 Å². The lowest BCUT2D eigenvalue weighted by molar-refractivity contribution is 0.364. The van der Waals surface area contributed by atoms with E-state index in [1.54, 1.807) is 36.4 Å². The van der Waals surface area contributed by atoms with Crippen LogP contribution < -0.4 is 9.47 Å². The molecule has 0 saturated heterocycles. The summed E-state index contributed by atoms with van der Waals surface area (Å²) in [7, 11) is 0. The van der Waals surface area contributed by atoms with E-state index >= 15 is 0 Å². The Balaban J connectivity index is 1.91. The van der Waals surface area contributed by atoms with E-state index in [1.165, 1.54) is 0 Å². The van der Waals surface area contributed by atoms with E-state index in [4.69, 9.17) is 9.47 Å². The summed E-state index contributed by atoms with van der Waals surface area (Å²) >= 11 is 0. The molecule has 0 unspecified atom stereocenters. The molecule has 0 amide bonds. The number of phenolic OH excluding ortho intramolecular Hbond substituents is 2. The van der Waals surface area contributed by atoms with Gasteiger partial charge in [-0.3, -0.25) is 0 Å². The van der Waals surface area contributed by atoms with Gasteiger partial charge < -0.3 is 19.7 Å². The fraction of sp³-hybridized carbons (Fsp3) is 0.0833. The lowest BCUT2D eigenvalue weighted by Crippen LogP contribution is -1.94. The van der Waals surface area contributed by atoms with Crippen molar-refractivity contribution in [3.63, 3.8) is 0 Å². The minimum absolute atomic E-state index is 0.0725. The molecule has 0 bridgehead atoms. The van der Waals surface area contributed by atoms with E-state index in [9.17, 15) is 10.2 Å². The van der Waals surface area contributed by atoms with Crippen molar-refractivity contribution < 1.29 is 19.7 Å². The van der Waals surface area contributed by atoms with Crippen LogP contribution in [-0.4, -0.2) is 10.2 Å². The van der Waals surface area contributed by atoms with Crippen molar-refractivity contribution >= 4 is 10.8 Å². The van der Waals surface area contributed by atoms with E-state index in [0.717, 1.165) is 11.1 Å². The van der Waals surface area contributed by atoms with Crippen molar-refractivity contribution in [2.75, 3.05) is 0 Å². The Morgan fingerprint density at radius 3 is 1.39 bits per heavy atom. The van der Waals surface area contributed by atoms with Crippen molar-refractivity contribution in [1.82, 2.24) is 0 Å². The maximum absolute atomic E-state index is 10.9. The quantitative estimate of drug-likeness (QED) is 0.404. The molecule has 0 aliphatic carbocycles. The molecule has 0 fully saturated rings. The fourth-order valence-corrected chi connectivity index (χ4v) is 3.14. The Hall–Kier alpha value is -3.66. The summed E-state index contributed by atoms with van der Waals surface area (Å²) in [5.41, 5.74) is 2.03. The highest BCUT2D eigenvalue weighted by atomic mass is 16.5. The molecule has 4 heteroatoms. The SMILES string of the molecule is Cc1cccc(Oc2c(Oc3cccc(C)c3)c(O)c3ccccc3c2O)c1. The lowest BCUT2D eigenvalue weighted by Gasteiger charge is -2.18.